The molecule has 0 aromatic carbocycles. The van der Waals surface area contributed by atoms with Crippen molar-refractivity contribution in [2.75, 3.05) is 23.9 Å². The number of fused-ring (bicyclic) bond motifs is 1. The van der Waals surface area contributed by atoms with Gasteiger partial charge in [0.15, 0.2) is 0 Å². The fourth-order valence-electron chi connectivity index (χ4n) is 2.31. The number of ether oxygens (including phenoxy) is 2. The first-order chi connectivity index (χ1) is 8.29. The lowest BCUT2D eigenvalue weighted by atomic mass is 10.1. The molecular formula is C12H20O3S2. The van der Waals surface area contributed by atoms with Crippen LogP contribution < -0.4 is 0 Å². The first-order valence-electron chi connectivity index (χ1n) is 6.29. The van der Waals surface area contributed by atoms with E-state index < -0.39 is 0 Å². The quantitative estimate of drug-likeness (QED) is 0.319. The maximum atomic E-state index is 11.0. The molecule has 1 aliphatic heterocycles. The van der Waals surface area contributed by atoms with Crippen LogP contribution in [0.1, 0.15) is 25.7 Å². The van der Waals surface area contributed by atoms with Gasteiger partial charge >= 0.3 is 5.97 Å². The molecule has 0 bridgehead atoms. The Hall–Kier alpha value is 0.130. The molecule has 2 fully saturated rings. The van der Waals surface area contributed by atoms with Crippen molar-refractivity contribution in [1.29, 1.82) is 0 Å². The van der Waals surface area contributed by atoms with E-state index in [1.165, 1.54) is 25.0 Å². The molecule has 5 heteroatoms. The summed E-state index contributed by atoms with van der Waals surface area (Å²) in [5, 5.41) is 0. The van der Waals surface area contributed by atoms with E-state index >= 15 is 0 Å². The molecule has 98 valence electrons. The molecule has 2 rings (SSSR count). The van der Waals surface area contributed by atoms with Crippen LogP contribution in [0.3, 0.4) is 0 Å². The topological polar surface area (TPSA) is 38.8 Å². The highest BCUT2D eigenvalue weighted by Crippen LogP contribution is 2.43. The minimum atomic E-state index is -0.131. The molecule has 2 atom stereocenters. The van der Waals surface area contributed by atoms with E-state index in [2.05, 4.69) is 12.6 Å². The molecule has 0 amide bonds. The van der Waals surface area contributed by atoms with Crippen LogP contribution in [0.5, 0.6) is 0 Å². The highest BCUT2D eigenvalue weighted by atomic mass is 32.2. The van der Waals surface area contributed by atoms with Crippen LogP contribution in [-0.4, -0.2) is 42.0 Å². The van der Waals surface area contributed by atoms with Crippen LogP contribution in [0.25, 0.3) is 0 Å². The molecule has 2 aliphatic rings. The van der Waals surface area contributed by atoms with Gasteiger partial charge in [-0.15, -0.1) is 0 Å². The third-order valence-corrected chi connectivity index (χ3v) is 4.50. The van der Waals surface area contributed by atoms with Crippen LogP contribution >= 0.6 is 24.4 Å². The minimum Gasteiger partial charge on any atom is -0.465 e. The predicted octanol–water partition coefficient (Wildman–Crippen LogP) is 2.15. The zero-order chi connectivity index (χ0) is 12.1. The lowest BCUT2D eigenvalue weighted by molar-refractivity contribution is -0.142. The molecule has 0 spiro atoms. The van der Waals surface area contributed by atoms with Crippen molar-refractivity contribution in [3.63, 3.8) is 0 Å². The number of hydrogen-bond acceptors (Lipinski definition) is 5. The van der Waals surface area contributed by atoms with E-state index in [1.807, 2.05) is 11.8 Å². The molecule has 1 heterocycles. The van der Waals surface area contributed by atoms with Crippen molar-refractivity contribution in [1.82, 2.24) is 0 Å². The summed E-state index contributed by atoms with van der Waals surface area (Å²) >= 11 is 5.86. The second-order valence-electron chi connectivity index (χ2n) is 4.65. The van der Waals surface area contributed by atoms with Crippen molar-refractivity contribution in [3.8, 4) is 0 Å². The monoisotopic (exact) mass is 276 g/mol. The van der Waals surface area contributed by atoms with Crippen molar-refractivity contribution in [2.24, 2.45) is 5.92 Å². The second kappa shape index (κ2) is 6.90. The van der Waals surface area contributed by atoms with Gasteiger partial charge in [-0.2, -0.15) is 24.4 Å². The molecule has 0 N–H and O–H groups in total. The maximum absolute atomic E-state index is 11.0. The van der Waals surface area contributed by atoms with Gasteiger partial charge in [-0.1, -0.05) is 0 Å². The van der Waals surface area contributed by atoms with Crippen LogP contribution in [0.15, 0.2) is 0 Å². The average Bonchev–Trinajstić information content (AvgIpc) is 2.92. The third kappa shape index (κ3) is 4.72. The molecule has 3 nitrogen and oxygen atoms in total. The fourth-order valence-corrected chi connectivity index (χ4v) is 3.40. The Morgan fingerprint density at radius 1 is 1.35 bits per heavy atom. The number of epoxide rings is 1. The van der Waals surface area contributed by atoms with Crippen molar-refractivity contribution in [2.45, 2.75) is 37.9 Å². The summed E-state index contributed by atoms with van der Waals surface area (Å²) < 4.78 is 10.5. The molecule has 1 saturated carbocycles. The summed E-state index contributed by atoms with van der Waals surface area (Å²) in [4.78, 5) is 11.0. The van der Waals surface area contributed by atoms with E-state index in [0.717, 1.165) is 11.7 Å². The fraction of sp³-hybridized carbons (Fsp3) is 0.917. The van der Waals surface area contributed by atoms with Gasteiger partial charge in [0.25, 0.3) is 0 Å². The Bertz CT molecular complexity index is 250. The van der Waals surface area contributed by atoms with Gasteiger partial charge in [-0.25, -0.2) is 0 Å². The molecular weight excluding hydrogens is 256 g/mol. The standard InChI is InChI=1S/C12H20O3S2/c13-12(1-4-16)14-3-6-17-5-2-9-7-10-11(8-9)15-10/h9-11,16H,1-8H2. The summed E-state index contributed by atoms with van der Waals surface area (Å²) in [5.74, 6) is 3.40. The van der Waals surface area contributed by atoms with Gasteiger partial charge < -0.3 is 9.47 Å². The smallest absolute Gasteiger partial charge is 0.306 e. The van der Waals surface area contributed by atoms with Gasteiger partial charge in [0.05, 0.1) is 18.6 Å². The largest absolute Gasteiger partial charge is 0.465 e. The molecule has 17 heavy (non-hydrogen) atoms. The second-order valence-corrected chi connectivity index (χ2v) is 6.32. The van der Waals surface area contributed by atoms with E-state index in [1.54, 1.807) is 0 Å². The number of carbonyl (C=O) groups excluding carboxylic acids is 1. The average molecular weight is 276 g/mol. The number of thioether (sulfide) groups is 1. The zero-order valence-corrected chi connectivity index (χ0v) is 11.7. The number of rotatable bonds is 8. The molecule has 0 radical (unpaired) electrons. The lowest BCUT2D eigenvalue weighted by Crippen LogP contribution is -2.08. The highest BCUT2D eigenvalue weighted by molar-refractivity contribution is 7.99. The maximum Gasteiger partial charge on any atom is 0.306 e. The molecule has 2 unspecified atom stereocenters. The van der Waals surface area contributed by atoms with Crippen LogP contribution in [0.2, 0.25) is 0 Å². The summed E-state index contributed by atoms with van der Waals surface area (Å²) in [6.07, 6.45) is 5.44. The molecule has 0 aromatic rings. The molecule has 1 aliphatic carbocycles. The number of esters is 1. The zero-order valence-electron chi connectivity index (χ0n) is 9.97. The predicted molar refractivity (Wildman–Crippen MR) is 72.8 cm³/mol. The summed E-state index contributed by atoms with van der Waals surface area (Å²) in [7, 11) is 0. The number of thiol groups is 1. The van der Waals surface area contributed by atoms with Crippen molar-refractivity contribution >= 4 is 30.4 Å². The van der Waals surface area contributed by atoms with Crippen LogP contribution in [0, 0.1) is 5.92 Å². The van der Waals surface area contributed by atoms with Crippen molar-refractivity contribution < 1.29 is 14.3 Å². The molecule has 0 aromatic heterocycles. The van der Waals surface area contributed by atoms with E-state index in [-0.39, 0.29) is 5.97 Å². The third-order valence-electron chi connectivity index (χ3n) is 3.30. The van der Waals surface area contributed by atoms with Gasteiger partial charge in [0, 0.05) is 11.5 Å². The Balaban J connectivity index is 1.38. The van der Waals surface area contributed by atoms with Gasteiger partial charge in [-0.05, 0) is 30.9 Å². The van der Waals surface area contributed by atoms with E-state index in [4.69, 9.17) is 9.47 Å². The Morgan fingerprint density at radius 2 is 2.12 bits per heavy atom. The minimum absolute atomic E-state index is 0.131. The Kier molecular flexibility index (Phi) is 5.50. The number of hydrogen-bond donors (Lipinski definition) is 1. The summed E-state index contributed by atoms with van der Waals surface area (Å²) in [5.41, 5.74) is 0. The summed E-state index contributed by atoms with van der Waals surface area (Å²) in [6, 6.07) is 0. The van der Waals surface area contributed by atoms with Gasteiger partial charge in [0.2, 0.25) is 0 Å². The summed E-state index contributed by atoms with van der Waals surface area (Å²) in [6.45, 7) is 0.538. The lowest BCUT2D eigenvalue weighted by Gasteiger charge is -2.10. The SMILES string of the molecule is O=C(CCS)OCCSCCC1CC2OC2C1. The molecule has 1 saturated heterocycles. The normalized spacial score (nSPS) is 30.1. The van der Waals surface area contributed by atoms with Crippen LogP contribution in [0.4, 0.5) is 0 Å². The van der Waals surface area contributed by atoms with E-state index in [0.29, 0.717) is 31.0 Å². The van der Waals surface area contributed by atoms with Gasteiger partial charge in [-0.3, -0.25) is 4.79 Å². The van der Waals surface area contributed by atoms with Crippen LogP contribution in [-0.2, 0) is 14.3 Å². The Labute approximate surface area is 112 Å². The first-order valence-corrected chi connectivity index (χ1v) is 8.08. The van der Waals surface area contributed by atoms with Crippen molar-refractivity contribution in [3.05, 3.63) is 0 Å². The van der Waals surface area contributed by atoms with E-state index in [9.17, 15) is 4.79 Å². The highest BCUT2D eigenvalue weighted by Gasteiger charge is 2.47. The first kappa shape index (κ1) is 13.6. The Morgan fingerprint density at radius 3 is 2.82 bits per heavy atom. The number of carbonyl (C=O) groups is 1. The van der Waals surface area contributed by atoms with Gasteiger partial charge in [0.1, 0.15) is 6.61 Å².